The molecule has 0 unspecified atom stereocenters. The second-order valence-corrected chi connectivity index (χ2v) is 4.35. The molecule has 0 aliphatic heterocycles. The molecule has 0 heterocycles. The lowest BCUT2D eigenvalue weighted by Gasteiger charge is -2.02. The molecule has 1 N–H and O–H groups in total. The van der Waals surface area contributed by atoms with E-state index in [0.717, 1.165) is 0 Å². The quantitative estimate of drug-likeness (QED) is 0.779. The number of methoxy groups -OCH3 is 1. The molecule has 0 amide bonds. The maximum absolute atomic E-state index is 11.1. The van der Waals surface area contributed by atoms with Gasteiger partial charge in [-0.15, -0.1) is 4.24 Å². The van der Waals surface area contributed by atoms with Gasteiger partial charge in [0.05, 0.1) is 12.0 Å². The largest absolute Gasteiger partial charge is 0.497 e. The maximum Gasteiger partial charge on any atom is 0.253 e. The predicted molar refractivity (Wildman–Crippen MR) is 49.2 cm³/mol. The van der Waals surface area contributed by atoms with Crippen molar-refractivity contribution in [3.8, 4) is 5.75 Å². The van der Waals surface area contributed by atoms with Gasteiger partial charge in [0.25, 0.3) is 10.0 Å². The number of hydrogen-bond donors (Lipinski definition) is 1. The van der Waals surface area contributed by atoms with Crippen molar-refractivity contribution in [2.24, 2.45) is 0 Å². The van der Waals surface area contributed by atoms with E-state index in [-0.39, 0.29) is 4.90 Å². The van der Waals surface area contributed by atoms with E-state index in [1.807, 2.05) is 0 Å². The summed E-state index contributed by atoms with van der Waals surface area (Å²) in [5.74, 6) is 0.591. The molecule has 0 aliphatic carbocycles. The van der Waals surface area contributed by atoms with E-state index >= 15 is 0 Å². The average molecular weight is 222 g/mol. The van der Waals surface area contributed by atoms with E-state index in [1.54, 1.807) is 16.4 Å². The molecule has 0 atom stereocenters. The van der Waals surface area contributed by atoms with E-state index in [4.69, 9.17) is 16.5 Å². The third-order valence-corrected chi connectivity index (χ3v) is 3.18. The first kappa shape index (κ1) is 10.3. The standard InChI is InChI=1S/C7H8ClNO3S/c1-12-6-2-4-7(5-3-6)13(10,11)9-8/h2-5,9H,1H3. The monoisotopic (exact) mass is 221 g/mol. The number of rotatable bonds is 3. The van der Waals surface area contributed by atoms with E-state index < -0.39 is 10.0 Å². The van der Waals surface area contributed by atoms with Crippen LogP contribution in [-0.4, -0.2) is 15.5 Å². The SMILES string of the molecule is COc1ccc(S(=O)(=O)NCl)cc1. The van der Waals surface area contributed by atoms with E-state index in [0.29, 0.717) is 5.75 Å². The molecular weight excluding hydrogens is 214 g/mol. The minimum atomic E-state index is -3.56. The van der Waals surface area contributed by atoms with Gasteiger partial charge in [-0.1, -0.05) is 0 Å². The summed E-state index contributed by atoms with van der Waals surface area (Å²) in [7, 11) is -2.06. The highest BCUT2D eigenvalue weighted by Crippen LogP contribution is 2.15. The van der Waals surface area contributed by atoms with Gasteiger partial charge in [-0.3, -0.25) is 0 Å². The van der Waals surface area contributed by atoms with Gasteiger partial charge >= 0.3 is 0 Å². The van der Waals surface area contributed by atoms with Gasteiger partial charge in [0.1, 0.15) is 5.75 Å². The van der Waals surface area contributed by atoms with Gasteiger partial charge in [-0.05, 0) is 36.0 Å². The van der Waals surface area contributed by atoms with Crippen molar-refractivity contribution in [2.75, 3.05) is 7.11 Å². The van der Waals surface area contributed by atoms with E-state index in [2.05, 4.69) is 0 Å². The molecule has 6 heteroatoms. The summed E-state index contributed by atoms with van der Waals surface area (Å²) in [6.45, 7) is 0. The highest BCUT2D eigenvalue weighted by Gasteiger charge is 2.11. The molecule has 0 spiro atoms. The fraction of sp³-hybridized carbons (Fsp3) is 0.143. The predicted octanol–water partition coefficient (Wildman–Crippen LogP) is 1.13. The lowest BCUT2D eigenvalue weighted by molar-refractivity contribution is 0.414. The minimum Gasteiger partial charge on any atom is -0.497 e. The summed E-state index contributed by atoms with van der Waals surface area (Å²) in [6, 6.07) is 5.90. The fourth-order valence-corrected chi connectivity index (χ4v) is 1.65. The van der Waals surface area contributed by atoms with Crippen LogP contribution in [0.15, 0.2) is 29.2 Å². The molecule has 0 bridgehead atoms. The second kappa shape index (κ2) is 3.95. The highest BCUT2D eigenvalue weighted by atomic mass is 35.5. The van der Waals surface area contributed by atoms with Crippen LogP contribution in [0.4, 0.5) is 0 Å². The van der Waals surface area contributed by atoms with Crippen LogP contribution in [0.3, 0.4) is 0 Å². The maximum atomic E-state index is 11.1. The summed E-state index contributed by atoms with van der Waals surface area (Å²) in [4.78, 5) is 0.100. The molecule has 0 fully saturated rings. The van der Waals surface area contributed by atoms with Crippen LogP contribution < -0.4 is 8.98 Å². The van der Waals surface area contributed by atoms with Gasteiger partial charge in [0.15, 0.2) is 0 Å². The molecule has 1 rings (SSSR count). The van der Waals surface area contributed by atoms with Crippen molar-refractivity contribution >= 4 is 21.8 Å². The van der Waals surface area contributed by atoms with Gasteiger partial charge < -0.3 is 4.74 Å². The minimum absolute atomic E-state index is 0.100. The first-order chi connectivity index (χ1) is 6.10. The Morgan fingerprint density at radius 1 is 1.31 bits per heavy atom. The van der Waals surface area contributed by atoms with Crippen molar-refractivity contribution in [2.45, 2.75) is 4.90 Å². The Kier molecular flexibility index (Phi) is 3.13. The van der Waals surface area contributed by atoms with Crippen molar-refractivity contribution < 1.29 is 13.2 Å². The summed E-state index contributed by atoms with van der Waals surface area (Å²) >= 11 is 5.03. The Bertz CT molecular complexity index is 373. The molecule has 1 aromatic carbocycles. The molecule has 0 aromatic heterocycles. The molecule has 0 saturated heterocycles. The molecule has 13 heavy (non-hydrogen) atoms. The fourth-order valence-electron chi connectivity index (χ4n) is 0.799. The van der Waals surface area contributed by atoms with Crippen LogP contribution in [0.2, 0.25) is 0 Å². The Morgan fingerprint density at radius 2 is 1.85 bits per heavy atom. The van der Waals surface area contributed by atoms with Crippen LogP contribution in [0.25, 0.3) is 0 Å². The van der Waals surface area contributed by atoms with Crippen molar-refractivity contribution in [1.82, 2.24) is 4.24 Å². The van der Waals surface area contributed by atoms with Crippen LogP contribution >= 0.6 is 11.8 Å². The summed E-state index contributed by atoms with van der Waals surface area (Å²) in [5.41, 5.74) is 0. The highest BCUT2D eigenvalue weighted by molar-refractivity contribution is 7.90. The van der Waals surface area contributed by atoms with Crippen LogP contribution in [-0.2, 0) is 10.0 Å². The molecule has 1 aromatic rings. The van der Waals surface area contributed by atoms with Gasteiger partial charge in [-0.25, -0.2) is 8.42 Å². The lowest BCUT2D eigenvalue weighted by Crippen LogP contribution is -2.13. The van der Waals surface area contributed by atoms with Crippen LogP contribution in [0.5, 0.6) is 5.75 Å². The Hall–Kier alpha value is -0.780. The molecule has 4 nitrogen and oxygen atoms in total. The number of nitrogens with one attached hydrogen (secondary N) is 1. The first-order valence-corrected chi connectivity index (χ1v) is 5.23. The average Bonchev–Trinajstić information content (AvgIpc) is 2.18. The molecule has 72 valence electrons. The molecular formula is C7H8ClNO3S. The second-order valence-electron chi connectivity index (χ2n) is 2.26. The number of halogens is 1. The Labute approximate surface area is 81.6 Å². The molecule has 0 radical (unpaired) electrons. The zero-order valence-corrected chi connectivity index (χ0v) is 8.39. The van der Waals surface area contributed by atoms with E-state index in [9.17, 15) is 8.42 Å². The summed E-state index contributed by atoms with van der Waals surface area (Å²) in [5, 5.41) is 0. The smallest absolute Gasteiger partial charge is 0.253 e. The third kappa shape index (κ3) is 2.33. The van der Waals surface area contributed by atoms with Gasteiger partial charge in [-0.2, -0.15) is 0 Å². The van der Waals surface area contributed by atoms with E-state index in [1.165, 1.54) is 19.2 Å². The molecule has 0 saturated carbocycles. The normalized spacial score (nSPS) is 11.2. The Balaban J connectivity index is 3.06. The third-order valence-electron chi connectivity index (χ3n) is 1.47. The van der Waals surface area contributed by atoms with Crippen molar-refractivity contribution in [3.63, 3.8) is 0 Å². The first-order valence-electron chi connectivity index (χ1n) is 3.36. The zero-order valence-electron chi connectivity index (χ0n) is 6.82. The number of benzene rings is 1. The Morgan fingerprint density at radius 3 is 2.23 bits per heavy atom. The number of hydrogen-bond acceptors (Lipinski definition) is 3. The zero-order chi connectivity index (χ0) is 9.90. The van der Waals surface area contributed by atoms with Crippen LogP contribution in [0, 0.1) is 0 Å². The summed E-state index contributed by atoms with van der Waals surface area (Å²) in [6.07, 6.45) is 0. The molecule has 0 aliphatic rings. The topological polar surface area (TPSA) is 55.4 Å². The van der Waals surface area contributed by atoms with Crippen molar-refractivity contribution in [3.05, 3.63) is 24.3 Å². The van der Waals surface area contributed by atoms with Crippen molar-refractivity contribution in [1.29, 1.82) is 0 Å². The summed E-state index contributed by atoms with van der Waals surface area (Å²) < 4.78 is 28.8. The van der Waals surface area contributed by atoms with Crippen LogP contribution in [0.1, 0.15) is 0 Å². The number of ether oxygens (including phenoxy) is 1. The lowest BCUT2D eigenvalue weighted by atomic mass is 10.3. The number of sulfonamides is 1. The van der Waals surface area contributed by atoms with Gasteiger partial charge in [0, 0.05) is 0 Å². The van der Waals surface area contributed by atoms with Gasteiger partial charge in [0.2, 0.25) is 0 Å².